The SMILES string of the molecule is Cc1ccc(OCCNc2ccc(C)c(Cl)c2)c(C)c1. The summed E-state index contributed by atoms with van der Waals surface area (Å²) in [7, 11) is 0. The number of hydrogen-bond donors (Lipinski definition) is 1. The summed E-state index contributed by atoms with van der Waals surface area (Å²) in [4.78, 5) is 0. The zero-order valence-corrected chi connectivity index (χ0v) is 12.9. The molecule has 0 radical (unpaired) electrons. The molecule has 0 aromatic heterocycles. The monoisotopic (exact) mass is 289 g/mol. The maximum atomic E-state index is 6.09. The molecule has 106 valence electrons. The summed E-state index contributed by atoms with van der Waals surface area (Å²) in [5.74, 6) is 0.944. The molecule has 0 amide bonds. The highest BCUT2D eigenvalue weighted by molar-refractivity contribution is 6.31. The standard InChI is InChI=1S/C17H20ClNO/c1-12-4-7-17(14(3)10-12)20-9-8-19-15-6-5-13(2)16(18)11-15/h4-7,10-11,19H,8-9H2,1-3H3. The molecule has 0 saturated carbocycles. The zero-order chi connectivity index (χ0) is 14.5. The van der Waals surface area contributed by atoms with Crippen molar-refractivity contribution in [3.8, 4) is 5.75 Å². The first-order chi connectivity index (χ1) is 9.56. The van der Waals surface area contributed by atoms with Crippen LogP contribution in [0.3, 0.4) is 0 Å². The Morgan fingerprint density at radius 2 is 1.80 bits per heavy atom. The minimum Gasteiger partial charge on any atom is -0.491 e. The largest absolute Gasteiger partial charge is 0.491 e. The van der Waals surface area contributed by atoms with Crippen molar-refractivity contribution in [1.29, 1.82) is 0 Å². The van der Waals surface area contributed by atoms with Crippen LogP contribution >= 0.6 is 11.6 Å². The Bertz CT molecular complexity index is 596. The normalized spacial score (nSPS) is 10.4. The average Bonchev–Trinajstić information content (AvgIpc) is 2.40. The number of anilines is 1. The van der Waals surface area contributed by atoms with Crippen molar-refractivity contribution < 1.29 is 4.74 Å². The van der Waals surface area contributed by atoms with Gasteiger partial charge in [0.15, 0.2) is 0 Å². The Morgan fingerprint density at radius 1 is 1.00 bits per heavy atom. The van der Waals surface area contributed by atoms with Gasteiger partial charge < -0.3 is 10.1 Å². The third kappa shape index (κ3) is 3.91. The first-order valence-electron chi connectivity index (χ1n) is 6.76. The highest BCUT2D eigenvalue weighted by Gasteiger charge is 2.00. The molecule has 2 rings (SSSR count). The lowest BCUT2D eigenvalue weighted by Crippen LogP contribution is -2.12. The van der Waals surface area contributed by atoms with Crippen LogP contribution in [0.4, 0.5) is 5.69 Å². The Balaban J connectivity index is 1.82. The van der Waals surface area contributed by atoms with Gasteiger partial charge in [-0.25, -0.2) is 0 Å². The lowest BCUT2D eigenvalue weighted by Gasteiger charge is -2.11. The third-order valence-electron chi connectivity index (χ3n) is 3.19. The van der Waals surface area contributed by atoms with Crippen LogP contribution in [0.25, 0.3) is 0 Å². The molecule has 3 heteroatoms. The van der Waals surface area contributed by atoms with Crippen molar-refractivity contribution in [2.45, 2.75) is 20.8 Å². The van der Waals surface area contributed by atoms with Crippen molar-refractivity contribution in [3.05, 3.63) is 58.1 Å². The Kier molecular flexibility index (Phi) is 4.91. The molecule has 0 unspecified atom stereocenters. The smallest absolute Gasteiger partial charge is 0.122 e. The Labute approximate surface area is 125 Å². The third-order valence-corrected chi connectivity index (χ3v) is 3.60. The topological polar surface area (TPSA) is 21.3 Å². The van der Waals surface area contributed by atoms with Crippen molar-refractivity contribution in [3.63, 3.8) is 0 Å². The van der Waals surface area contributed by atoms with Gasteiger partial charge in [0.05, 0.1) is 0 Å². The van der Waals surface area contributed by atoms with E-state index in [0.717, 1.165) is 28.6 Å². The predicted octanol–water partition coefficient (Wildman–Crippen LogP) is 4.76. The van der Waals surface area contributed by atoms with Crippen LogP contribution in [0.15, 0.2) is 36.4 Å². The highest BCUT2D eigenvalue weighted by atomic mass is 35.5. The van der Waals surface area contributed by atoms with E-state index < -0.39 is 0 Å². The predicted molar refractivity (Wildman–Crippen MR) is 86.1 cm³/mol. The first kappa shape index (κ1) is 14.7. The van der Waals surface area contributed by atoms with Crippen LogP contribution in [0, 0.1) is 20.8 Å². The van der Waals surface area contributed by atoms with E-state index in [4.69, 9.17) is 16.3 Å². The number of benzene rings is 2. The number of rotatable bonds is 5. The van der Waals surface area contributed by atoms with Crippen LogP contribution < -0.4 is 10.1 Å². The molecular weight excluding hydrogens is 270 g/mol. The van der Waals surface area contributed by atoms with Crippen LogP contribution in [0.5, 0.6) is 5.75 Å². The van der Waals surface area contributed by atoms with Gasteiger partial charge in [-0.2, -0.15) is 0 Å². The lowest BCUT2D eigenvalue weighted by molar-refractivity contribution is 0.330. The molecule has 0 fully saturated rings. The second-order valence-corrected chi connectivity index (χ2v) is 5.42. The molecule has 0 bridgehead atoms. The summed E-state index contributed by atoms with van der Waals surface area (Å²) < 4.78 is 5.77. The summed E-state index contributed by atoms with van der Waals surface area (Å²) in [5, 5.41) is 4.09. The fourth-order valence-electron chi connectivity index (χ4n) is 2.02. The van der Waals surface area contributed by atoms with E-state index in [0.29, 0.717) is 6.61 Å². The summed E-state index contributed by atoms with van der Waals surface area (Å²) >= 11 is 6.09. The molecule has 2 aromatic carbocycles. The van der Waals surface area contributed by atoms with Crippen molar-refractivity contribution in [1.82, 2.24) is 0 Å². The fourth-order valence-corrected chi connectivity index (χ4v) is 2.20. The molecule has 0 aliphatic carbocycles. The van der Waals surface area contributed by atoms with Gasteiger partial charge in [-0.1, -0.05) is 35.4 Å². The van der Waals surface area contributed by atoms with E-state index in [1.165, 1.54) is 11.1 Å². The summed E-state index contributed by atoms with van der Waals surface area (Å²) in [6.45, 7) is 7.51. The molecule has 0 aliphatic heterocycles. The van der Waals surface area contributed by atoms with Gasteiger partial charge in [0.25, 0.3) is 0 Å². The number of aryl methyl sites for hydroxylation is 3. The average molecular weight is 290 g/mol. The lowest BCUT2D eigenvalue weighted by atomic mass is 10.1. The zero-order valence-electron chi connectivity index (χ0n) is 12.2. The fraction of sp³-hybridized carbons (Fsp3) is 0.294. The molecule has 1 N–H and O–H groups in total. The van der Waals surface area contributed by atoms with Gasteiger partial charge in [-0.3, -0.25) is 0 Å². The molecule has 2 aromatic rings. The molecule has 0 aliphatic rings. The van der Waals surface area contributed by atoms with Crippen molar-refractivity contribution >= 4 is 17.3 Å². The molecule has 2 nitrogen and oxygen atoms in total. The quantitative estimate of drug-likeness (QED) is 0.802. The van der Waals surface area contributed by atoms with Gasteiger partial charge in [0, 0.05) is 17.3 Å². The van der Waals surface area contributed by atoms with Crippen molar-refractivity contribution in [2.75, 3.05) is 18.5 Å². The van der Waals surface area contributed by atoms with Gasteiger partial charge in [-0.05, 0) is 50.1 Å². The molecular formula is C17H20ClNO. The Morgan fingerprint density at radius 3 is 2.50 bits per heavy atom. The van der Waals surface area contributed by atoms with E-state index in [2.05, 4.69) is 31.3 Å². The molecule has 0 heterocycles. The number of ether oxygens (including phenoxy) is 1. The van der Waals surface area contributed by atoms with Gasteiger partial charge in [-0.15, -0.1) is 0 Å². The van der Waals surface area contributed by atoms with Gasteiger partial charge in [0.2, 0.25) is 0 Å². The van der Waals surface area contributed by atoms with E-state index in [-0.39, 0.29) is 0 Å². The summed E-state index contributed by atoms with van der Waals surface area (Å²) in [5.41, 5.74) is 4.53. The number of nitrogens with one attached hydrogen (secondary N) is 1. The van der Waals surface area contributed by atoms with E-state index >= 15 is 0 Å². The van der Waals surface area contributed by atoms with Crippen LogP contribution in [-0.2, 0) is 0 Å². The van der Waals surface area contributed by atoms with E-state index in [1.807, 2.05) is 31.2 Å². The maximum Gasteiger partial charge on any atom is 0.122 e. The highest BCUT2D eigenvalue weighted by Crippen LogP contribution is 2.20. The minimum absolute atomic E-state index is 0.620. The van der Waals surface area contributed by atoms with E-state index in [1.54, 1.807) is 0 Å². The molecule has 0 atom stereocenters. The second kappa shape index (κ2) is 6.67. The van der Waals surface area contributed by atoms with E-state index in [9.17, 15) is 0 Å². The number of halogens is 1. The minimum atomic E-state index is 0.620. The van der Waals surface area contributed by atoms with Crippen LogP contribution in [0.1, 0.15) is 16.7 Å². The summed E-state index contributed by atoms with van der Waals surface area (Å²) in [6.07, 6.45) is 0. The molecule has 0 spiro atoms. The molecule has 0 saturated heterocycles. The van der Waals surface area contributed by atoms with Crippen molar-refractivity contribution in [2.24, 2.45) is 0 Å². The number of hydrogen-bond acceptors (Lipinski definition) is 2. The maximum absolute atomic E-state index is 6.09. The van der Waals surface area contributed by atoms with Gasteiger partial charge in [0.1, 0.15) is 12.4 Å². The van der Waals surface area contributed by atoms with Crippen LogP contribution in [0.2, 0.25) is 5.02 Å². The Hall–Kier alpha value is -1.67. The first-order valence-corrected chi connectivity index (χ1v) is 7.14. The van der Waals surface area contributed by atoms with Crippen LogP contribution in [-0.4, -0.2) is 13.2 Å². The van der Waals surface area contributed by atoms with Gasteiger partial charge >= 0.3 is 0 Å². The molecule has 20 heavy (non-hydrogen) atoms. The second-order valence-electron chi connectivity index (χ2n) is 5.01. The summed E-state index contributed by atoms with van der Waals surface area (Å²) in [6, 6.07) is 12.2.